The Hall–Kier alpha value is -1.08. The number of allylic oxidation sites excluding steroid dienone is 6. The van der Waals surface area contributed by atoms with Crippen LogP contribution in [0.5, 0.6) is 0 Å². The molecule has 3 rings (SSSR count). The van der Waals surface area contributed by atoms with Gasteiger partial charge in [-0.05, 0) is 91.4 Å². The minimum Gasteiger partial charge on any atom is -0.393 e. The van der Waals surface area contributed by atoms with Crippen LogP contribution in [-0.2, 0) is 0 Å². The fourth-order valence-electron chi connectivity index (χ4n) is 6.57. The van der Waals surface area contributed by atoms with Crippen LogP contribution in [0.1, 0.15) is 92.9 Å². The van der Waals surface area contributed by atoms with Gasteiger partial charge in [0, 0.05) is 0 Å². The molecule has 0 spiro atoms. The van der Waals surface area contributed by atoms with Crippen molar-refractivity contribution in [1.29, 1.82) is 0 Å². The third kappa shape index (κ3) is 4.43. The zero-order valence-electron chi connectivity index (χ0n) is 20.5. The Balaban J connectivity index is 1.82. The molecule has 0 aromatic heterocycles. The van der Waals surface area contributed by atoms with Gasteiger partial charge in [-0.15, -0.1) is 0 Å². The van der Waals surface area contributed by atoms with Gasteiger partial charge in [0.15, 0.2) is 0 Å². The molecule has 1 N–H and O–H groups in total. The molecule has 0 bridgehead atoms. The van der Waals surface area contributed by atoms with Crippen molar-refractivity contribution in [2.75, 3.05) is 0 Å². The molecular weight excluding hydrogens is 364 g/mol. The van der Waals surface area contributed by atoms with E-state index in [9.17, 15) is 5.11 Å². The molecule has 6 atom stereocenters. The largest absolute Gasteiger partial charge is 0.393 e. The van der Waals surface area contributed by atoms with E-state index >= 15 is 0 Å². The first-order chi connectivity index (χ1) is 14.1. The molecule has 3 fully saturated rings. The zero-order valence-corrected chi connectivity index (χ0v) is 20.5. The zero-order chi connectivity index (χ0) is 22.1. The van der Waals surface area contributed by atoms with E-state index in [0.29, 0.717) is 28.6 Å². The van der Waals surface area contributed by atoms with Crippen molar-refractivity contribution in [3.05, 3.63) is 47.6 Å². The predicted molar refractivity (Wildman–Crippen MR) is 130 cm³/mol. The van der Waals surface area contributed by atoms with Crippen molar-refractivity contribution in [3.63, 3.8) is 0 Å². The number of hydrogen-bond acceptors (Lipinski definition) is 1. The SMILES string of the molecule is C=C1CC[C@H](O)C/C1=C/C=C1\CCC[C@]2(C)[C@@H]([C@H](C)/C=C/[C@H](C)C(C)C)CC[C@@]12C. The van der Waals surface area contributed by atoms with Gasteiger partial charge in [-0.2, -0.15) is 0 Å². The van der Waals surface area contributed by atoms with Crippen molar-refractivity contribution < 1.29 is 5.11 Å². The molecule has 0 radical (unpaired) electrons. The van der Waals surface area contributed by atoms with E-state index in [0.717, 1.165) is 25.2 Å². The first-order valence-electron chi connectivity index (χ1n) is 12.5. The topological polar surface area (TPSA) is 20.2 Å². The maximum Gasteiger partial charge on any atom is 0.0583 e. The van der Waals surface area contributed by atoms with Crippen LogP contribution in [0, 0.1) is 34.5 Å². The summed E-state index contributed by atoms with van der Waals surface area (Å²) in [6.45, 7) is 18.8. The highest BCUT2D eigenvalue weighted by molar-refractivity contribution is 5.37. The molecular formula is C29H46O. The quantitative estimate of drug-likeness (QED) is 0.455. The highest BCUT2D eigenvalue weighted by Crippen LogP contribution is 2.66. The van der Waals surface area contributed by atoms with Crippen LogP contribution in [-0.4, -0.2) is 11.2 Å². The molecule has 1 heteroatoms. The van der Waals surface area contributed by atoms with Crippen molar-refractivity contribution >= 4 is 0 Å². The number of aliphatic hydroxyl groups is 1. The Morgan fingerprint density at radius 3 is 2.43 bits per heavy atom. The van der Waals surface area contributed by atoms with Crippen molar-refractivity contribution in [3.8, 4) is 0 Å². The summed E-state index contributed by atoms with van der Waals surface area (Å²) in [5.74, 6) is 2.77. The van der Waals surface area contributed by atoms with Crippen molar-refractivity contribution in [2.24, 2.45) is 34.5 Å². The molecule has 0 heterocycles. The number of hydrogen-bond donors (Lipinski definition) is 1. The summed E-state index contributed by atoms with van der Waals surface area (Å²) in [5, 5.41) is 10.1. The molecule has 0 aromatic rings. The maximum atomic E-state index is 10.1. The van der Waals surface area contributed by atoms with Crippen LogP contribution >= 0.6 is 0 Å². The third-order valence-electron chi connectivity index (χ3n) is 9.46. The van der Waals surface area contributed by atoms with E-state index < -0.39 is 0 Å². The van der Waals surface area contributed by atoms with Gasteiger partial charge in [-0.3, -0.25) is 0 Å². The summed E-state index contributed by atoms with van der Waals surface area (Å²) in [4.78, 5) is 0. The van der Waals surface area contributed by atoms with Crippen molar-refractivity contribution in [1.82, 2.24) is 0 Å². The summed E-state index contributed by atoms with van der Waals surface area (Å²) in [5.41, 5.74) is 4.82. The fourth-order valence-corrected chi connectivity index (χ4v) is 6.57. The van der Waals surface area contributed by atoms with Crippen LogP contribution in [0.2, 0.25) is 0 Å². The molecule has 0 saturated heterocycles. The van der Waals surface area contributed by atoms with Crippen molar-refractivity contribution in [2.45, 2.75) is 99.0 Å². The Morgan fingerprint density at radius 1 is 1.00 bits per heavy atom. The normalized spacial score (nSPS) is 39.8. The summed E-state index contributed by atoms with van der Waals surface area (Å²) in [6.07, 6.45) is 18.7. The van der Waals surface area contributed by atoms with Gasteiger partial charge in [0.25, 0.3) is 0 Å². The van der Waals surface area contributed by atoms with Crippen LogP contribution in [0.3, 0.4) is 0 Å². The average molecular weight is 411 g/mol. The molecule has 30 heavy (non-hydrogen) atoms. The molecule has 3 aliphatic rings. The molecule has 3 saturated carbocycles. The van der Waals surface area contributed by atoms with E-state index in [-0.39, 0.29) is 6.10 Å². The highest BCUT2D eigenvalue weighted by atomic mass is 16.3. The molecule has 0 aromatic carbocycles. The molecule has 168 valence electrons. The Morgan fingerprint density at radius 2 is 1.73 bits per heavy atom. The second-order valence-corrected chi connectivity index (χ2v) is 11.5. The van der Waals surface area contributed by atoms with Gasteiger partial charge < -0.3 is 5.11 Å². The lowest BCUT2D eigenvalue weighted by Crippen LogP contribution is -2.42. The molecule has 3 aliphatic carbocycles. The fraction of sp³-hybridized carbons (Fsp3) is 0.724. The lowest BCUT2D eigenvalue weighted by atomic mass is 9.53. The highest BCUT2D eigenvalue weighted by Gasteiger charge is 2.57. The summed E-state index contributed by atoms with van der Waals surface area (Å²) >= 11 is 0. The van der Waals surface area contributed by atoms with Gasteiger partial charge in [-0.1, -0.05) is 83.6 Å². The molecule has 0 aliphatic heterocycles. The van der Waals surface area contributed by atoms with Crippen LogP contribution in [0.15, 0.2) is 47.6 Å². The minimum atomic E-state index is -0.191. The average Bonchev–Trinajstić information content (AvgIpc) is 2.98. The second-order valence-electron chi connectivity index (χ2n) is 11.5. The van der Waals surface area contributed by atoms with E-state index in [4.69, 9.17) is 0 Å². The molecule has 0 unspecified atom stereocenters. The van der Waals surface area contributed by atoms with Gasteiger partial charge in [0.1, 0.15) is 0 Å². The standard InChI is InChI=1S/C29H46O/c1-20(2)21(3)10-11-23(5)27-16-18-28(6)25(9-8-17-29(27,28)7)14-13-24-19-26(30)15-12-22(24)4/h10-11,13-14,20-21,23,26-27,30H,4,8-9,12,15-19H2,1-3,5-7H3/b11-10+,24-13-,25-14+/t21-,23+,26-,27+,28-,29+/m0/s1. The Bertz CT molecular complexity index is 723. The lowest BCUT2D eigenvalue weighted by Gasteiger charge is -2.51. The van der Waals surface area contributed by atoms with Gasteiger partial charge in [0.05, 0.1) is 6.10 Å². The number of fused-ring (bicyclic) bond motifs is 1. The van der Waals surface area contributed by atoms with Crippen LogP contribution in [0.25, 0.3) is 0 Å². The molecule has 0 amide bonds. The van der Waals surface area contributed by atoms with Gasteiger partial charge in [-0.25, -0.2) is 0 Å². The number of aliphatic hydroxyl groups excluding tert-OH is 1. The number of rotatable bonds is 5. The van der Waals surface area contributed by atoms with E-state index in [1.54, 1.807) is 5.57 Å². The summed E-state index contributed by atoms with van der Waals surface area (Å²) in [6, 6.07) is 0. The van der Waals surface area contributed by atoms with Crippen LogP contribution in [0.4, 0.5) is 0 Å². The lowest BCUT2D eigenvalue weighted by molar-refractivity contribution is 0.0456. The summed E-state index contributed by atoms with van der Waals surface area (Å²) in [7, 11) is 0. The van der Waals surface area contributed by atoms with Gasteiger partial charge in [0.2, 0.25) is 0 Å². The van der Waals surface area contributed by atoms with Gasteiger partial charge >= 0.3 is 0 Å². The van der Waals surface area contributed by atoms with E-state index in [2.05, 4.69) is 72.4 Å². The first-order valence-corrected chi connectivity index (χ1v) is 12.5. The smallest absolute Gasteiger partial charge is 0.0583 e. The minimum absolute atomic E-state index is 0.191. The van der Waals surface area contributed by atoms with E-state index in [1.807, 2.05) is 0 Å². The van der Waals surface area contributed by atoms with E-state index in [1.165, 1.54) is 43.3 Å². The predicted octanol–water partition coefficient (Wildman–Crippen LogP) is 8.03. The first kappa shape index (κ1) is 23.6. The monoisotopic (exact) mass is 410 g/mol. The summed E-state index contributed by atoms with van der Waals surface area (Å²) < 4.78 is 0. The van der Waals surface area contributed by atoms with Crippen LogP contribution < -0.4 is 0 Å². The third-order valence-corrected chi connectivity index (χ3v) is 9.46. The Kier molecular flexibility index (Phi) is 7.22. The molecule has 1 nitrogen and oxygen atoms in total. The maximum absolute atomic E-state index is 10.1. The Labute approximate surface area is 186 Å². The second kappa shape index (κ2) is 9.19.